The summed E-state index contributed by atoms with van der Waals surface area (Å²) in [6, 6.07) is 2.67. The molecule has 5 nitrogen and oxygen atoms in total. The molecule has 0 fully saturated rings. The van der Waals surface area contributed by atoms with Gasteiger partial charge in [-0.3, -0.25) is 4.72 Å². The van der Waals surface area contributed by atoms with E-state index in [2.05, 4.69) is 4.72 Å². The monoisotopic (exact) mass is 364 g/mol. The summed E-state index contributed by atoms with van der Waals surface area (Å²) in [6.07, 6.45) is -2.66. The highest BCUT2D eigenvalue weighted by atomic mass is 35.5. The predicted octanol–water partition coefficient (Wildman–Crippen LogP) is 3.26. The number of carbonyl (C=O) groups excluding carboxylic acids is 1. The molecule has 23 heavy (non-hydrogen) atoms. The van der Waals surface area contributed by atoms with Crippen LogP contribution >= 0.6 is 11.6 Å². The Balaban J connectivity index is 2.51. The Morgan fingerprint density at radius 1 is 1.61 bits per heavy atom. The third kappa shape index (κ3) is 4.23. The number of carbonyl (C=O) groups is 1. The number of esters is 1. The molecule has 0 saturated carbocycles. The van der Waals surface area contributed by atoms with Gasteiger partial charge in [0.2, 0.25) is 10.0 Å². The first-order valence-electron chi connectivity index (χ1n) is 8.33. The molecule has 1 N–H and O–H groups in total. The Morgan fingerprint density at radius 3 is 3.00 bits per heavy atom. The number of hydrogen-bond acceptors (Lipinski definition) is 4. The number of rotatable bonds is 5. The van der Waals surface area contributed by atoms with Crippen molar-refractivity contribution in [3.8, 4) is 0 Å². The van der Waals surface area contributed by atoms with Crippen molar-refractivity contribution in [3.05, 3.63) is 40.7 Å². The van der Waals surface area contributed by atoms with E-state index >= 15 is 0 Å². The zero-order valence-electron chi connectivity index (χ0n) is 15.2. The first-order valence-corrected chi connectivity index (χ1v) is 8.75. The van der Waals surface area contributed by atoms with Crippen LogP contribution in [0.1, 0.15) is 30.3 Å². The van der Waals surface area contributed by atoms with Gasteiger partial charge >= 0.3 is 5.97 Å². The maximum Gasteiger partial charge on any atom is 0.335 e. The fourth-order valence-corrected chi connectivity index (χ4v) is 3.73. The summed E-state index contributed by atoms with van der Waals surface area (Å²) in [5.41, 5.74) is -0.710. The third-order valence-electron chi connectivity index (χ3n) is 3.02. The van der Waals surface area contributed by atoms with Crippen molar-refractivity contribution < 1.29 is 26.5 Å². The van der Waals surface area contributed by atoms with Gasteiger partial charge in [-0.1, -0.05) is 17.7 Å². The number of hydrogen-bond donors (Lipinski definition) is 1. The van der Waals surface area contributed by atoms with Crippen LogP contribution in [-0.2, 0) is 19.6 Å². The highest BCUT2D eigenvalue weighted by Gasteiger charge is 2.35. The molecule has 1 unspecified atom stereocenters. The van der Waals surface area contributed by atoms with Crippen molar-refractivity contribution in [1.29, 1.82) is 0 Å². The summed E-state index contributed by atoms with van der Waals surface area (Å²) < 4.78 is 69.8. The maximum atomic E-state index is 13.1. The highest BCUT2D eigenvalue weighted by Crippen LogP contribution is 2.30. The van der Waals surface area contributed by atoms with E-state index in [1.807, 2.05) is 0 Å². The second-order valence-corrected chi connectivity index (χ2v) is 6.84. The van der Waals surface area contributed by atoms with Gasteiger partial charge in [0.1, 0.15) is 11.1 Å². The molecule has 1 aliphatic carbocycles. The largest absolute Gasteiger partial charge is 0.463 e. The minimum atomic E-state index is -4.54. The topological polar surface area (TPSA) is 72.5 Å². The fourth-order valence-electron chi connectivity index (χ4n) is 2.03. The molecule has 126 valence electrons. The lowest BCUT2D eigenvalue weighted by Crippen LogP contribution is -2.34. The predicted molar refractivity (Wildman–Crippen MR) is 86.3 cm³/mol. The standard InChI is InChI=1S/C15H17ClFNO4S/c1-2-22-15(19)11-5-3-4-6-14(11)23(20,21)18-13-8-7-10(17)9-12(13)16/h5,7-9,14,18H,2-4,6H2,1H3/i5D,6D2. The van der Waals surface area contributed by atoms with Gasteiger partial charge in [-0.2, -0.15) is 0 Å². The number of anilines is 1. The lowest BCUT2D eigenvalue weighted by Gasteiger charge is -2.24. The quantitative estimate of drug-likeness (QED) is 0.814. The van der Waals surface area contributed by atoms with Crippen LogP contribution in [0.3, 0.4) is 0 Å². The van der Waals surface area contributed by atoms with Crippen LogP contribution in [0, 0.1) is 5.82 Å². The van der Waals surface area contributed by atoms with Gasteiger partial charge in [-0.05, 0) is 44.3 Å². The zero-order valence-corrected chi connectivity index (χ0v) is 13.8. The van der Waals surface area contributed by atoms with E-state index < -0.39 is 39.0 Å². The molecule has 0 spiro atoms. The summed E-state index contributed by atoms with van der Waals surface area (Å²) in [6.45, 7) is 1.46. The lowest BCUT2D eigenvalue weighted by atomic mass is 9.99. The van der Waals surface area contributed by atoms with Crippen LogP contribution < -0.4 is 4.72 Å². The van der Waals surface area contributed by atoms with Gasteiger partial charge in [-0.15, -0.1) is 0 Å². The van der Waals surface area contributed by atoms with E-state index in [4.69, 9.17) is 20.5 Å². The summed E-state index contributed by atoms with van der Waals surface area (Å²) in [4.78, 5) is 12.2. The number of halogens is 2. The molecule has 8 heteroatoms. The zero-order chi connectivity index (χ0) is 19.7. The lowest BCUT2D eigenvalue weighted by molar-refractivity contribution is -0.138. The normalized spacial score (nSPS) is 22.7. The molecule has 0 amide bonds. The minimum absolute atomic E-state index is 0.0530. The molecule has 0 aromatic heterocycles. The molecule has 0 heterocycles. The molecule has 2 rings (SSSR count). The van der Waals surface area contributed by atoms with Crippen molar-refractivity contribution in [2.75, 3.05) is 11.3 Å². The van der Waals surface area contributed by atoms with E-state index in [0.717, 1.165) is 18.2 Å². The molecular weight excluding hydrogens is 345 g/mol. The van der Waals surface area contributed by atoms with Crippen molar-refractivity contribution >= 4 is 33.3 Å². The Morgan fingerprint density at radius 2 is 2.35 bits per heavy atom. The summed E-state index contributed by atoms with van der Waals surface area (Å²) in [7, 11) is -4.54. The number of allylic oxidation sites excluding steroid dienone is 1. The van der Waals surface area contributed by atoms with Crippen LogP contribution in [0.2, 0.25) is 5.02 Å². The number of ether oxygens (including phenoxy) is 1. The van der Waals surface area contributed by atoms with Crippen molar-refractivity contribution in [2.24, 2.45) is 0 Å². The average molecular weight is 365 g/mol. The summed E-state index contributed by atoms with van der Waals surface area (Å²) in [5.74, 6) is -1.73. The van der Waals surface area contributed by atoms with Gasteiger partial charge in [0.25, 0.3) is 0 Å². The van der Waals surface area contributed by atoms with E-state index in [9.17, 15) is 17.6 Å². The molecular formula is C15H17ClFNO4S. The Hall–Kier alpha value is -1.60. The van der Waals surface area contributed by atoms with E-state index in [1.165, 1.54) is 6.92 Å². The van der Waals surface area contributed by atoms with E-state index in [0.29, 0.717) is 0 Å². The Labute approximate surface area is 143 Å². The Bertz CT molecular complexity index is 860. The summed E-state index contributed by atoms with van der Waals surface area (Å²) >= 11 is 5.82. The van der Waals surface area contributed by atoms with Gasteiger partial charge in [0, 0.05) is 2.74 Å². The average Bonchev–Trinajstić information content (AvgIpc) is 2.52. The summed E-state index contributed by atoms with van der Waals surface area (Å²) in [5, 5.41) is -2.19. The Kier molecular flexibility index (Phi) is 4.39. The van der Waals surface area contributed by atoms with Crippen LogP contribution in [0.15, 0.2) is 29.8 Å². The first kappa shape index (κ1) is 13.8. The number of nitrogens with one attached hydrogen (secondary N) is 1. The first-order chi connectivity index (χ1) is 12.0. The van der Waals surface area contributed by atoms with Gasteiger partial charge in [0.15, 0.2) is 0 Å². The highest BCUT2D eigenvalue weighted by molar-refractivity contribution is 7.93. The fraction of sp³-hybridized carbons (Fsp3) is 0.400. The van der Waals surface area contributed by atoms with E-state index in [-0.39, 0.29) is 36.2 Å². The van der Waals surface area contributed by atoms with Crippen molar-refractivity contribution in [1.82, 2.24) is 0 Å². The van der Waals surface area contributed by atoms with E-state index in [1.54, 1.807) is 0 Å². The maximum absolute atomic E-state index is 13.1. The molecule has 1 aromatic carbocycles. The molecule has 1 aliphatic rings. The molecule has 0 aliphatic heterocycles. The third-order valence-corrected chi connectivity index (χ3v) is 4.86. The SMILES string of the molecule is [2H]C1=C(C(=O)OCC)C(S(=O)(=O)Nc2ccc(F)cc2Cl)C([2H])([2H])CC1. The van der Waals surface area contributed by atoms with Crippen LogP contribution in [-0.4, -0.2) is 26.2 Å². The molecule has 1 atom stereocenters. The minimum Gasteiger partial charge on any atom is -0.463 e. The van der Waals surface area contributed by atoms with Crippen LogP contribution in [0.5, 0.6) is 0 Å². The molecule has 1 aromatic rings. The number of sulfonamides is 1. The van der Waals surface area contributed by atoms with Gasteiger partial charge < -0.3 is 4.74 Å². The molecule has 0 bridgehead atoms. The molecule has 0 radical (unpaired) electrons. The van der Waals surface area contributed by atoms with Gasteiger partial charge in [0.05, 0.1) is 24.3 Å². The van der Waals surface area contributed by atoms with Gasteiger partial charge in [-0.25, -0.2) is 17.6 Å². The van der Waals surface area contributed by atoms with Crippen molar-refractivity contribution in [3.63, 3.8) is 0 Å². The van der Waals surface area contributed by atoms with Crippen molar-refractivity contribution in [2.45, 2.75) is 31.4 Å². The number of benzene rings is 1. The van der Waals surface area contributed by atoms with Crippen LogP contribution in [0.25, 0.3) is 0 Å². The van der Waals surface area contributed by atoms with Crippen LogP contribution in [0.4, 0.5) is 10.1 Å². The second-order valence-electron chi connectivity index (χ2n) is 4.67. The molecule has 0 saturated heterocycles. The smallest absolute Gasteiger partial charge is 0.335 e. The second kappa shape index (κ2) is 7.31.